The number of nitrogens with zero attached hydrogens (tertiary/aromatic N) is 1. The summed E-state index contributed by atoms with van der Waals surface area (Å²) in [6.45, 7) is 5.07. The number of hydrogen-bond acceptors (Lipinski definition) is 3. The summed E-state index contributed by atoms with van der Waals surface area (Å²) in [4.78, 5) is 11.9. The van der Waals surface area contributed by atoms with Crippen LogP contribution in [0.3, 0.4) is 0 Å². The van der Waals surface area contributed by atoms with Gasteiger partial charge in [0.25, 0.3) is 5.91 Å². The number of aryl methyl sites for hydroxylation is 1. The topological polar surface area (TPSA) is 62.1 Å². The molecule has 0 aromatic heterocycles. The van der Waals surface area contributed by atoms with Crippen LogP contribution in [0, 0.1) is 18.3 Å². The van der Waals surface area contributed by atoms with Gasteiger partial charge in [0.1, 0.15) is 24.0 Å². The quantitative estimate of drug-likeness (QED) is 0.615. The number of rotatable bonds is 7. The highest BCUT2D eigenvalue weighted by atomic mass is 16.5. The molecule has 25 heavy (non-hydrogen) atoms. The number of hydrogen-bond donors (Lipinski definition) is 1. The molecule has 0 bridgehead atoms. The molecule has 0 aliphatic carbocycles. The summed E-state index contributed by atoms with van der Waals surface area (Å²) < 4.78 is 5.75. The Bertz CT molecular complexity index is 769. The summed E-state index contributed by atoms with van der Waals surface area (Å²) in [6.07, 6.45) is 2.41. The van der Waals surface area contributed by atoms with E-state index in [1.807, 2.05) is 49.4 Å². The minimum atomic E-state index is -0.343. The zero-order valence-corrected chi connectivity index (χ0v) is 14.6. The molecule has 4 nitrogen and oxygen atoms in total. The Labute approximate surface area is 148 Å². The molecule has 1 amide bonds. The van der Waals surface area contributed by atoms with E-state index in [1.165, 1.54) is 5.56 Å². The highest BCUT2D eigenvalue weighted by molar-refractivity contribution is 6.01. The number of benzene rings is 2. The Kier molecular flexibility index (Phi) is 6.79. The van der Waals surface area contributed by atoms with Crippen LogP contribution in [0.15, 0.2) is 54.1 Å². The van der Waals surface area contributed by atoms with Crippen molar-refractivity contribution in [2.24, 2.45) is 0 Å². The van der Waals surface area contributed by atoms with Crippen LogP contribution in [0.25, 0.3) is 6.08 Å². The van der Waals surface area contributed by atoms with Crippen LogP contribution >= 0.6 is 0 Å². The molecule has 0 heterocycles. The minimum Gasteiger partial charge on any atom is -0.489 e. The predicted octanol–water partition coefficient (Wildman–Crippen LogP) is 4.01. The van der Waals surface area contributed by atoms with Crippen molar-refractivity contribution >= 4 is 12.0 Å². The molecular weight excluding hydrogens is 312 g/mol. The fourth-order valence-corrected chi connectivity index (χ4v) is 2.16. The van der Waals surface area contributed by atoms with Crippen molar-refractivity contribution in [2.45, 2.75) is 26.9 Å². The van der Waals surface area contributed by atoms with Crippen molar-refractivity contribution < 1.29 is 9.53 Å². The number of nitrogens with one attached hydrogen (secondary N) is 1. The van der Waals surface area contributed by atoms with Gasteiger partial charge in [0.2, 0.25) is 0 Å². The molecule has 0 radical (unpaired) electrons. The van der Waals surface area contributed by atoms with Gasteiger partial charge < -0.3 is 10.1 Å². The molecule has 1 N–H and O–H groups in total. The third-order valence-corrected chi connectivity index (χ3v) is 3.62. The first kappa shape index (κ1) is 18.3. The lowest BCUT2D eigenvalue weighted by molar-refractivity contribution is -0.117. The average molecular weight is 334 g/mol. The molecule has 128 valence electrons. The lowest BCUT2D eigenvalue weighted by Gasteiger charge is -2.07. The van der Waals surface area contributed by atoms with Gasteiger partial charge in [-0.25, -0.2) is 0 Å². The van der Waals surface area contributed by atoms with E-state index in [0.717, 1.165) is 23.3 Å². The molecule has 0 saturated heterocycles. The number of nitriles is 1. The Balaban J connectivity index is 1.98. The molecule has 4 heteroatoms. The molecular formula is C21H22N2O2. The van der Waals surface area contributed by atoms with Crippen LogP contribution < -0.4 is 10.1 Å². The van der Waals surface area contributed by atoms with Crippen molar-refractivity contribution in [3.05, 3.63) is 70.8 Å². The molecule has 0 atom stereocenters. The second kappa shape index (κ2) is 9.29. The Morgan fingerprint density at radius 1 is 1.16 bits per heavy atom. The van der Waals surface area contributed by atoms with E-state index in [1.54, 1.807) is 6.08 Å². The smallest absolute Gasteiger partial charge is 0.261 e. The van der Waals surface area contributed by atoms with Gasteiger partial charge in [0.15, 0.2) is 0 Å². The fraction of sp³-hybridized carbons (Fsp3) is 0.238. The summed E-state index contributed by atoms with van der Waals surface area (Å²) >= 11 is 0. The van der Waals surface area contributed by atoms with Crippen LogP contribution in [0.2, 0.25) is 0 Å². The molecule has 2 aromatic carbocycles. The summed E-state index contributed by atoms with van der Waals surface area (Å²) in [5.41, 5.74) is 3.21. The lowest BCUT2D eigenvalue weighted by Crippen LogP contribution is -2.25. The Morgan fingerprint density at radius 3 is 2.44 bits per heavy atom. The number of amides is 1. The second-order valence-corrected chi connectivity index (χ2v) is 5.77. The van der Waals surface area contributed by atoms with Gasteiger partial charge in [-0.3, -0.25) is 4.79 Å². The zero-order valence-electron chi connectivity index (χ0n) is 14.6. The Hall–Kier alpha value is -3.06. The first-order valence-corrected chi connectivity index (χ1v) is 8.30. The average Bonchev–Trinajstić information content (AvgIpc) is 2.64. The molecule has 0 unspecified atom stereocenters. The first-order valence-electron chi connectivity index (χ1n) is 8.30. The van der Waals surface area contributed by atoms with Gasteiger partial charge in [-0.15, -0.1) is 0 Å². The van der Waals surface area contributed by atoms with Gasteiger partial charge in [-0.05, 0) is 42.7 Å². The number of ether oxygens (including phenoxy) is 1. The van der Waals surface area contributed by atoms with Crippen molar-refractivity contribution in [3.8, 4) is 11.8 Å². The molecule has 0 saturated carbocycles. The van der Waals surface area contributed by atoms with Crippen LogP contribution in [0.1, 0.15) is 30.0 Å². The largest absolute Gasteiger partial charge is 0.489 e. The number of carbonyl (C=O) groups is 1. The van der Waals surface area contributed by atoms with Crippen molar-refractivity contribution in [3.63, 3.8) is 0 Å². The van der Waals surface area contributed by atoms with E-state index in [0.29, 0.717) is 13.2 Å². The van der Waals surface area contributed by atoms with Gasteiger partial charge in [0.05, 0.1) is 0 Å². The minimum absolute atomic E-state index is 0.0989. The van der Waals surface area contributed by atoms with Gasteiger partial charge >= 0.3 is 0 Å². The lowest BCUT2D eigenvalue weighted by atomic mass is 10.1. The molecule has 0 aliphatic rings. The SMILES string of the molecule is CCCNC(=O)/C(C#N)=C\c1ccc(OCc2ccc(C)cc2)cc1. The highest BCUT2D eigenvalue weighted by Crippen LogP contribution is 2.16. The van der Waals surface area contributed by atoms with Crippen molar-refractivity contribution in [1.82, 2.24) is 5.32 Å². The van der Waals surface area contributed by atoms with Crippen LogP contribution in [-0.4, -0.2) is 12.5 Å². The van der Waals surface area contributed by atoms with Crippen molar-refractivity contribution in [2.75, 3.05) is 6.54 Å². The summed E-state index contributed by atoms with van der Waals surface area (Å²) in [5, 5.41) is 11.8. The van der Waals surface area contributed by atoms with E-state index in [-0.39, 0.29) is 11.5 Å². The van der Waals surface area contributed by atoms with Crippen molar-refractivity contribution in [1.29, 1.82) is 5.26 Å². The maximum Gasteiger partial charge on any atom is 0.261 e. The monoisotopic (exact) mass is 334 g/mol. The van der Waals surface area contributed by atoms with Gasteiger partial charge in [0, 0.05) is 6.54 Å². The molecule has 0 aliphatic heterocycles. The maximum absolute atomic E-state index is 11.9. The molecule has 2 aromatic rings. The van der Waals surface area contributed by atoms with Crippen LogP contribution in [0.4, 0.5) is 0 Å². The molecule has 0 fully saturated rings. The number of carbonyl (C=O) groups excluding carboxylic acids is 1. The van der Waals surface area contributed by atoms with E-state index < -0.39 is 0 Å². The van der Waals surface area contributed by atoms with Gasteiger partial charge in [-0.1, -0.05) is 48.9 Å². The summed E-state index contributed by atoms with van der Waals surface area (Å²) in [7, 11) is 0. The third kappa shape index (κ3) is 5.82. The van der Waals surface area contributed by atoms with Crippen LogP contribution in [0.5, 0.6) is 5.75 Å². The van der Waals surface area contributed by atoms with Crippen LogP contribution in [-0.2, 0) is 11.4 Å². The first-order chi connectivity index (χ1) is 12.1. The molecule has 2 rings (SSSR count). The van der Waals surface area contributed by atoms with E-state index in [2.05, 4.69) is 24.4 Å². The second-order valence-electron chi connectivity index (χ2n) is 5.77. The van der Waals surface area contributed by atoms with E-state index in [4.69, 9.17) is 10.00 Å². The fourth-order valence-electron chi connectivity index (χ4n) is 2.16. The summed E-state index contributed by atoms with van der Waals surface area (Å²) in [5.74, 6) is 0.399. The third-order valence-electron chi connectivity index (χ3n) is 3.62. The normalized spacial score (nSPS) is 10.8. The van der Waals surface area contributed by atoms with E-state index >= 15 is 0 Å². The zero-order chi connectivity index (χ0) is 18.1. The highest BCUT2D eigenvalue weighted by Gasteiger charge is 2.07. The van der Waals surface area contributed by atoms with E-state index in [9.17, 15) is 4.79 Å². The standard InChI is InChI=1S/C21H22N2O2/c1-3-12-23-21(24)19(14-22)13-17-8-10-20(11-9-17)25-15-18-6-4-16(2)5-7-18/h4-11,13H,3,12,15H2,1-2H3,(H,23,24)/b19-13-. The van der Waals surface area contributed by atoms with Gasteiger partial charge in [-0.2, -0.15) is 5.26 Å². The Morgan fingerprint density at radius 2 is 1.84 bits per heavy atom. The summed E-state index contributed by atoms with van der Waals surface area (Å²) in [6, 6.07) is 17.5. The predicted molar refractivity (Wildman–Crippen MR) is 98.8 cm³/mol. The molecule has 0 spiro atoms. The maximum atomic E-state index is 11.9.